The van der Waals surface area contributed by atoms with Crippen LogP contribution in [0.2, 0.25) is 5.02 Å². The molecular weight excluding hydrogens is 310 g/mol. The van der Waals surface area contributed by atoms with Gasteiger partial charge in [0.1, 0.15) is 0 Å². The average Bonchev–Trinajstić information content (AvgIpc) is 2.38. The zero-order valence-electron chi connectivity index (χ0n) is 10.2. The Morgan fingerprint density at radius 1 is 1.11 bits per heavy atom. The summed E-state index contributed by atoms with van der Waals surface area (Å²) >= 11 is 9.44. The van der Waals surface area contributed by atoms with Crippen molar-refractivity contribution in [1.82, 2.24) is 5.32 Å². The highest BCUT2D eigenvalue weighted by atomic mass is 79.9. The van der Waals surface area contributed by atoms with Gasteiger partial charge in [0, 0.05) is 22.1 Å². The highest BCUT2D eigenvalue weighted by Crippen LogP contribution is 2.19. The minimum atomic E-state index is 0.300. The van der Waals surface area contributed by atoms with E-state index in [9.17, 15) is 0 Å². The van der Waals surface area contributed by atoms with E-state index in [1.165, 1.54) is 11.1 Å². The molecule has 18 heavy (non-hydrogen) atoms. The summed E-state index contributed by atoms with van der Waals surface area (Å²) < 4.78 is 1.14. The fourth-order valence-corrected chi connectivity index (χ4v) is 2.33. The van der Waals surface area contributed by atoms with E-state index in [1.807, 2.05) is 18.2 Å². The molecule has 0 aromatic heterocycles. The summed E-state index contributed by atoms with van der Waals surface area (Å²) in [5.41, 5.74) is 2.50. The Balaban J connectivity index is 1.98. The Kier molecular flexibility index (Phi) is 4.81. The normalized spacial score (nSPS) is 12.4. The van der Waals surface area contributed by atoms with Crippen LogP contribution in [0.4, 0.5) is 0 Å². The monoisotopic (exact) mass is 323 g/mol. The van der Waals surface area contributed by atoms with Crippen LogP contribution in [0.15, 0.2) is 53.0 Å². The van der Waals surface area contributed by atoms with Crippen LogP contribution < -0.4 is 5.32 Å². The summed E-state index contributed by atoms with van der Waals surface area (Å²) in [4.78, 5) is 0. The first-order valence-corrected chi connectivity index (χ1v) is 7.06. The Hall–Kier alpha value is -0.830. The van der Waals surface area contributed by atoms with Crippen molar-refractivity contribution in [3.05, 3.63) is 69.2 Å². The SMILES string of the molecule is C[C@H](NCc1ccccc1Br)c1ccc(Cl)cc1. The van der Waals surface area contributed by atoms with Crippen molar-refractivity contribution in [2.24, 2.45) is 0 Å². The molecule has 0 radical (unpaired) electrons. The molecule has 2 aromatic carbocycles. The van der Waals surface area contributed by atoms with Crippen LogP contribution in [0.25, 0.3) is 0 Å². The van der Waals surface area contributed by atoms with Gasteiger partial charge in [-0.05, 0) is 36.2 Å². The van der Waals surface area contributed by atoms with Gasteiger partial charge in [0.25, 0.3) is 0 Å². The zero-order valence-corrected chi connectivity index (χ0v) is 12.5. The van der Waals surface area contributed by atoms with Crippen molar-refractivity contribution >= 4 is 27.5 Å². The number of halogens is 2. The summed E-state index contributed by atoms with van der Waals surface area (Å²) in [5, 5.41) is 4.28. The molecule has 1 nitrogen and oxygen atoms in total. The van der Waals surface area contributed by atoms with Crippen molar-refractivity contribution < 1.29 is 0 Å². The van der Waals surface area contributed by atoms with E-state index in [0.717, 1.165) is 16.0 Å². The van der Waals surface area contributed by atoms with E-state index >= 15 is 0 Å². The second kappa shape index (κ2) is 6.37. The predicted octanol–water partition coefficient (Wildman–Crippen LogP) is 4.95. The number of hydrogen-bond acceptors (Lipinski definition) is 1. The van der Waals surface area contributed by atoms with Gasteiger partial charge in [0.05, 0.1) is 0 Å². The molecular formula is C15H15BrClN. The first-order valence-electron chi connectivity index (χ1n) is 5.89. The van der Waals surface area contributed by atoms with E-state index in [0.29, 0.717) is 6.04 Å². The van der Waals surface area contributed by atoms with Gasteiger partial charge in [-0.3, -0.25) is 0 Å². The highest BCUT2D eigenvalue weighted by Gasteiger charge is 2.05. The lowest BCUT2D eigenvalue weighted by atomic mass is 10.1. The lowest BCUT2D eigenvalue weighted by Crippen LogP contribution is -2.18. The van der Waals surface area contributed by atoms with Gasteiger partial charge in [-0.15, -0.1) is 0 Å². The number of hydrogen-bond donors (Lipinski definition) is 1. The van der Waals surface area contributed by atoms with Crippen LogP contribution in [0, 0.1) is 0 Å². The summed E-state index contributed by atoms with van der Waals surface area (Å²) in [7, 11) is 0. The van der Waals surface area contributed by atoms with Crippen LogP contribution in [-0.4, -0.2) is 0 Å². The van der Waals surface area contributed by atoms with Crippen LogP contribution in [-0.2, 0) is 6.54 Å². The van der Waals surface area contributed by atoms with Gasteiger partial charge < -0.3 is 5.32 Å². The summed E-state index contributed by atoms with van der Waals surface area (Å²) in [6, 6.07) is 16.5. The maximum Gasteiger partial charge on any atom is 0.0406 e. The van der Waals surface area contributed by atoms with Gasteiger partial charge in [-0.25, -0.2) is 0 Å². The molecule has 0 unspecified atom stereocenters. The molecule has 0 saturated heterocycles. The van der Waals surface area contributed by atoms with E-state index in [-0.39, 0.29) is 0 Å². The quantitative estimate of drug-likeness (QED) is 0.838. The molecule has 0 bridgehead atoms. The van der Waals surface area contributed by atoms with Crippen molar-refractivity contribution in [2.45, 2.75) is 19.5 Å². The maximum absolute atomic E-state index is 5.88. The topological polar surface area (TPSA) is 12.0 Å². The second-order valence-corrected chi connectivity index (χ2v) is 5.54. The molecule has 0 saturated carbocycles. The van der Waals surface area contributed by atoms with Crippen LogP contribution in [0.1, 0.15) is 24.1 Å². The molecule has 0 fully saturated rings. The van der Waals surface area contributed by atoms with Crippen LogP contribution >= 0.6 is 27.5 Å². The fraction of sp³-hybridized carbons (Fsp3) is 0.200. The van der Waals surface area contributed by atoms with E-state index < -0.39 is 0 Å². The maximum atomic E-state index is 5.88. The zero-order chi connectivity index (χ0) is 13.0. The lowest BCUT2D eigenvalue weighted by molar-refractivity contribution is 0.574. The third-order valence-corrected chi connectivity index (χ3v) is 3.95. The molecule has 0 aliphatic heterocycles. The molecule has 0 spiro atoms. The second-order valence-electron chi connectivity index (χ2n) is 4.25. The van der Waals surface area contributed by atoms with Crippen LogP contribution in [0.3, 0.4) is 0 Å². The fourth-order valence-electron chi connectivity index (χ4n) is 1.77. The molecule has 0 heterocycles. The predicted molar refractivity (Wildman–Crippen MR) is 80.8 cm³/mol. The minimum absolute atomic E-state index is 0.300. The molecule has 0 amide bonds. The third-order valence-electron chi connectivity index (χ3n) is 2.93. The standard InChI is InChI=1S/C15H15BrClN/c1-11(12-6-8-14(17)9-7-12)18-10-13-4-2-3-5-15(13)16/h2-9,11,18H,10H2,1H3/t11-/m0/s1. The molecule has 0 aliphatic rings. The lowest BCUT2D eigenvalue weighted by Gasteiger charge is -2.15. The van der Waals surface area contributed by atoms with Gasteiger partial charge in [-0.1, -0.05) is 57.9 Å². The van der Waals surface area contributed by atoms with Crippen molar-refractivity contribution in [3.63, 3.8) is 0 Å². The average molecular weight is 325 g/mol. The van der Waals surface area contributed by atoms with Crippen molar-refractivity contribution in [2.75, 3.05) is 0 Å². The van der Waals surface area contributed by atoms with E-state index in [4.69, 9.17) is 11.6 Å². The highest BCUT2D eigenvalue weighted by molar-refractivity contribution is 9.10. The van der Waals surface area contributed by atoms with Crippen molar-refractivity contribution in [3.8, 4) is 0 Å². The van der Waals surface area contributed by atoms with Gasteiger partial charge in [0.2, 0.25) is 0 Å². The summed E-state index contributed by atoms with van der Waals surface area (Å²) in [5.74, 6) is 0. The first kappa shape index (κ1) is 13.6. The molecule has 1 atom stereocenters. The Labute approximate surface area is 121 Å². The smallest absolute Gasteiger partial charge is 0.0406 e. The number of nitrogens with one attached hydrogen (secondary N) is 1. The van der Waals surface area contributed by atoms with Crippen molar-refractivity contribution in [1.29, 1.82) is 0 Å². The van der Waals surface area contributed by atoms with E-state index in [1.54, 1.807) is 0 Å². The number of benzene rings is 2. The third kappa shape index (κ3) is 3.58. The van der Waals surface area contributed by atoms with Crippen LogP contribution in [0.5, 0.6) is 0 Å². The van der Waals surface area contributed by atoms with Gasteiger partial charge >= 0.3 is 0 Å². The minimum Gasteiger partial charge on any atom is -0.306 e. The molecule has 1 N–H and O–H groups in total. The van der Waals surface area contributed by atoms with E-state index in [2.05, 4.69) is 58.5 Å². The molecule has 2 rings (SSSR count). The molecule has 2 aromatic rings. The molecule has 94 valence electrons. The Bertz CT molecular complexity index is 510. The summed E-state index contributed by atoms with van der Waals surface area (Å²) in [6.07, 6.45) is 0. The Morgan fingerprint density at radius 2 is 1.78 bits per heavy atom. The largest absolute Gasteiger partial charge is 0.306 e. The van der Waals surface area contributed by atoms with Gasteiger partial charge in [0.15, 0.2) is 0 Å². The Morgan fingerprint density at radius 3 is 2.44 bits per heavy atom. The number of rotatable bonds is 4. The molecule has 0 aliphatic carbocycles. The van der Waals surface area contributed by atoms with Gasteiger partial charge in [-0.2, -0.15) is 0 Å². The first-order chi connectivity index (χ1) is 8.66. The molecule has 3 heteroatoms. The summed E-state index contributed by atoms with van der Waals surface area (Å²) in [6.45, 7) is 2.99.